The second-order valence-electron chi connectivity index (χ2n) is 3.37. The summed E-state index contributed by atoms with van der Waals surface area (Å²) in [6.45, 7) is 0.0327. The molecule has 0 spiro atoms. The van der Waals surface area contributed by atoms with Gasteiger partial charge in [0.05, 0.1) is 10.9 Å². The van der Waals surface area contributed by atoms with E-state index in [4.69, 9.17) is 5.26 Å². The second kappa shape index (κ2) is 5.28. The maximum Gasteiger partial charge on any atom is 0.262 e. The number of nitrogens with zero attached hydrogens (tertiary/aromatic N) is 1. The van der Waals surface area contributed by atoms with E-state index in [1.54, 1.807) is 0 Å². The van der Waals surface area contributed by atoms with E-state index < -0.39 is 0 Å². The van der Waals surface area contributed by atoms with Gasteiger partial charge in [0.1, 0.15) is 6.54 Å². The lowest BCUT2D eigenvalue weighted by molar-refractivity contribution is 0.0963. The molecule has 84 valence electrons. The second-order valence-corrected chi connectivity index (χ2v) is 4.29. The van der Waals surface area contributed by atoms with Gasteiger partial charge in [0.15, 0.2) is 0 Å². The zero-order valence-corrected chi connectivity index (χ0v) is 9.83. The molecule has 0 fully saturated rings. The number of hydrogen-bond acceptors (Lipinski definition) is 3. The van der Waals surface area contributed by atoms with Gasteiger partial charge < -0.3 is 5.32 Å². The molecule has 17 heavy (non-hydrogen) atoms. The highest BCUT2D eigenvalue weighted by atomic mass is 32.1. The van der Waals surface area contributed by atoms with Crippen LogP contribution in [0.5, 0.6) is 0 Å². The summed E-state index contributed by atoms with van der Waals surface area (Å²) in [6.07, 6.45) is 0. The van der Waals surface area contributed by atoms with Gasteiger partial charge in [0.25, 0.3) is 5.91 Å². The molecule has 1 amide bonds. The molecule has 2 aromatic rings. The molecule has 1 aromatic heterocycles. The summed E-state index contributed by atoms with van der Waals surface area (Å²) >= 11 is 1.38. The molecule has 0 bridgehead atoms. The van der Waals surface area contributed by atoms with Gasteiger partial charge in [-0.1, -0.05) is 30.3 Å². The van der Waals surface area contributed by atoms with E-state index in [0.29, 0.717) is 4.88 Å². The molecule has 0 aliphatic carbocycles. The smallest absolute Gasteiger partial charge is 0.262 e. The van der Waals surface area contributed by atoms with Gasteiger partial charge in [0.2, 0.25) is 0 Å². The molecule has 1 aromatic carbocycles. The van der Waals surface area contributed by atoms with Crippen molar-refractivity contribution in [1.82, 2.24) is 5.32 Å². The van der Waals surface area contributed by atoms with Crippen molar-refractivity contribution in [3.05, 3.63) is 46.7 Å². The molecule has 3 nitrogen and oxygen atoms in total. The van der Waals surface area contributed by atoms with Crippen molar-refractivity contribution >= 4 is 17.2 Å². The lowest BCUT2D eigenvalue weighted by atomic mass is 10.1. The number of nitrogens with one attached hydrogen (secondary N) is 1. The van der Waals surface area contributed by atoms with Gasteiger partial charge in [0, 0.05) is 5.56 Å². The Morgan fingerprint density at radius 2 is 2.06 bits per heavy atom. The summed E-state index contributed by atoms with van der Waals surface area (Å²) in [5.41, 5.74) is 1.92. The number of carbonyl (C=O) groups is 1. The average Bonchev–Trinajstić information content (AvgIpc) is 2.86. The Bertz CT molecular complexity index is 554. The number of hydrogen-bond donors (Lipinski definition) is 1. The average molecular weight is 242 g/mol. The summed E-state index contributed by atoms with van der Waals surface area (Å²) in [5.74, 6) is -0.194. The normalized spacial score (nSPS) is 9.59. The first-order chi connectivity index (χ1) is 8.33. The Morgan fingerprint density at radius 1 is 1.29 bits per heavy atom. The molecule has 2 rings (SSSR count). The summed E-state index contributed by atoms with van der Waals surface area (Å²) in [4.78, 5) is 12.5. The lowest BCUT2D eigenvalue weighted by Crippen LogP contribution is -2.22. The van der Waals surface area contributed by atoms with Crippen LogP contribution in [0.4, 0.5) is 0 Å². The zero-order valence-electron chi connectivity index (χ0n) is 9.01. The molecule has 0 saturated carbocycles. The molecule has 0 unspecified atom stereocenters. The molecule has 0 atom stereocenters. The van der Waals surface area contributed by atoms with Crippen molar-refractivity contribution < 1.29 is 4.79 Å². The molecule has 0 aliphatic rings. The zero-order chi connectivity index (χ0) is 12.1. The third-order valence-corrected chi connectivity index (χ3v) is 3.20. The minimum Gasteiger partial charge on any atom is -0.338 e. The summed E-state index contributed by atoms with van der Waals surface area (Å²) in [6, 6.07) is 13.5. The molecular formula is C13H10N2OS. The summed E-state index contributed by atoms with van der Waals surface area (Å²) in [7, 11) is 0. The van der Waals surface area contributed by atoms with Crippen LogP contribution in [0.25, 0.3) is 11.1 Å². The number of amides is 1. The van der Waals surface area contributed by atoms with Crippen LogP contribution in [0, 0.1) is 11.3 Å². The van der Waals surface area contributed by atoms with Crippen molar-refractivity contribution in [2.24, 2.45) is 0 Å². The highest BCUT2D eigenvalue weighted by Gasteiger charge is 2.13. The fourth-order valence-corrected chi connectivity index (χ4v) is 2.36. The number of thiophene rings is 1. The maximum absolute atomic E-state index is 11.8. The molecule has 4 heteroatoms. The molecule has 1 heterocycles. The van der Waals surface area contributed by atoms with Crippen molar-refractivity contribution in [3.63, 3.8) is 0 Å². The summed E-state index contributed by atoms with van der Waals surface area (Å²) < 4.78 is 0. The monoisotopic (exact) mass is 242 g/mol. The van der Waals surface area contributed by atoms with Crippen molar-refractivity contribution in [2.75, 3.05) is 6.54 Å². The van der Waals surface area contributed by atoms with E-state index in [-0.39, 0.29) is 12.5 Å². The Hall–Kier alpha value is -2.12. The van der Waals surface area contributed by atoms with E-state index in [9.17, 15) is 4.79 Å². The minimum absolute atomic E-state index is 0.0327. The number of carbonyl (C=O) groups excluding carboxylic acids is 1. The van der Waals surface area contributed by atoms with Crippen LogP contribution in [0.1, 0.15) is 9.67 Å². The first-order valence-electron chi connectivity index (χ1n) is 5.11. The van der Waals surface area contributed by atoms with Crippen LogP contribution >= 0.6 is 11.3 Å². The van der Waals surface area contributed by atoms with Gasteiger partial charge in [-0.2, -0.15) is 5.26 Å². The minimum atomic E-state index is -0.194. The van der Waals surface area contributed by atoms with Gasteiger partial charge in [-0.15, -0.1) is 11.3 Å². The molecule has 0 saturated heterocycles. The largest absolute Gasteiger partial charge is 0.338 e. The third-order valence-electron chi connectivity index (χ3n) is 2.28. The van der Waals surface area contributed by atoms with Crippen molar-refractivity contribution in [3.8, 4) is 17.2 Å². The predicted molar refractivity (Wildman–Crippen MR) is 67.7 cm³/mol. The Labute approximate surface area is 103 Å². The van der Waals surface area contributed by atoms with Crippen molar-refractivity contribution in [2.45, 2.75) is 0 Å². The van der Waals surface area contributed by atoms with E-state index in [1.165, 1.54) is 11.3 Å². The van der Waals surface area contributed by atoms with E-state index in [2.05, 4.69) is 5.32 Å². The fraction of sp³-hybridized carbons (Fsp3) is 0.0769. The summed E-state index contributed by atoms with van der Waals surface area (Å²) in [5, 5.41) is 12.9. The fourth-order valence-electron chi connectivity index (χ4n) is 1.53. The van der Waals surface area contributed by atoms with Gasteiger partial charge in [-0.25, -0.2) is 0 Å². The maximum atomic E-state index is 11.8. The first-order valence-corrected chi connectivity index (χ1v) is 5.99. The van der Waals surface area contributed by atoms with E-state index in [0.717, 1.165) is 11.1 Å². The SMILES string of the molecule is N#CCNC(=O)c1sccc1-c1ccccc1. The van der Waals surface area contributed by atoms with Crippen LogP contribution < -0.4 is 5.32 Å². The highest BCUT2D eigenvalue weighted by molar-refractivity contribution is 7.12. The van der Waals surface area contributed by atoms with Crippen LogP contribution in [-0.2, 0) is 0 Å². The Balaban J connectivity index is 2.30. The molecular weight excluding hydrogens is 232 g/mol. The number of rotatable bonds is 3. The van der Waals surface area contributed by atoms with Gasteiger partial charge in [-0.3, -0.25) is 4.79 Å². The quantitative estimate of drug-likeness (QED) is 0.841. The third kappa shape index (κ3) is 2.52. The molecule has 1 N–H and O–H groups in total. The number of benzene rings is 1. The number of nitriles is 1. The lowest BCUT2D eigenvalue weighted by Gasteiger charge is -2.03. The van der Waals surface area contributed by atoms with Gasteiger partial charge in [-0.05, 0) is 17.0 Å². The van der Waals surface area contributed by atoms with Crippen molar-refractivity contribution in [1.29, 1.82) is 5.26 Å². The van der Waals surface area contributed by atoms with Crippen LogP contribution in [-0.4, -0.2) is 12.5 Å². The van der Waals surface area contributed by atoms with Crippen LogP contribution in [0.2, 0.25) is 0 Å². The highest BCUT2D eigenvalue weighted by Crippen LogP contribution is 2.27. The van der Waals surface area contributed by atoms with Crippen LogP contribution in [0.3, 0.4) is 0 Å². The van der Waals surface area contributed by atoms with E-state index in [1.807, 2.05) is 47.8 Å². The van der Waals surface area contributed by atoms with Crippen LogP contribution in [0.15, 0.2) is 41.8 Å². The Morgan fingerprint density at radius 3 is 2.76 bits per heavy atom. The van der Waals surface area contributed by atoms with E-state index >= 15 is 0 Å². The standard InChI is InChI=1S/C13H10N2OS/c14-7-8-15-13(16)12-11(6-9-17-12)10-4-2-1-3-5-10/h1-6,9H,8H2,(H,15,16). The Kier molecular flexibility index (Phi) is 3.53. The molecule has 0 radical (unpaired) electrons. The van der Waals surface area contributed by atoms with Gasteiger partial charge >= 0.3 is 0 Å². The molecule has 0 aliphatic heterocycles. The topological polar surface area (TPSA) is 52.9 Å². The first kappa shape index (κ1) is 11.4. The predicted octanol–water partition coefficient (Wildman–Crippen LogP) is 2.67.